The Morgan fingerprint density at radius 1 is 1.12 bits per heavy atom. The number of benzene rings is 2. The molecule has 1 heterocycles. The Bertz CT molecular complexity index is 1170. The van der Waals surface area contributed by atoms with Crippen molar-refractivity contribution < 1.29 is 9.53 Å². The zero-order valence-corrected chi connectivity index (χ0v) is 19.8. The fraction of sp³-hybridized carbons (Fsp3) is 0.400. The smallest absolute Gasteiger partial charge is 0.320 e. The van der Waals surface area contributed by atoms with E-state index in [1.54, 1.807) is 41.6 Å². The molecule has 0 aliphatic rings. The summed E-state index contributed by atoms with van der Waals surface area (Å²) in [4.78, 5) is 34.8. The monoisotopic (exact) mass is 436 g/mol. The van der Waals surface area contributed by atoms with E-state index < -0.39 is 6.04 Å². The fourth-order valence-electron chi connectivity index (χ4n) is 3.77. The molecule has 0 saturated heterocycles. The maximum absolute atomic E-state index is 13.6. The van der Waals surface area contributed by atoms with Crippen molar-refractivity contribution in [2.75, 3.05) is 34.4 Å². The van der Waals surface area contributed by atoms with Crippen LogP contribution in [0.4, 0.5) is 4.79 Å². The standard InChI is InChI=1S/C25H32N4O3/c1-17-12-13-20(16-18(17)2)29-23(26-22-11-8-7-10-21(22)24(29)30)19(3)28(14-9-15-32-6)25(31)27(4)5/h7-8,10-13,16,19H,9,14-15H2,1-6H3. The van der Waals surface area contributed by atoms with Gasteiger partial charge >= 0.3 is 6.03 Å². The van der Waals surface area contributed by atoms with Crippen LogP contribution in [0.1, 0.15) is 36.3 Å². The number of hydrogen-bond donors (Lipinski definition) is 0. The van der Waals surface area contributed by atoms with Crippen LogP contribution in [0.15, 0.2) is 47.3 Å². The summed E-state index contributed by atoms with van der Waals surface area (Å²) in [6.45, 7) is 7.01. The second kappa shape index (κ2) is 9.96. The maximum atomic E-state index is 13.6. The van der Waals surface area contributed by atoms with Crippen LogP contribution in [-0.2, 0) is 4.74 Å². The van der Waals surface area contributed by atoms with Crippen molar-refractivity contribution in [1.82, 2.24) is 19.4 Å². The molecule has 3 rings (SSSR count). The van der Waals surface area contributed by atoms with Crippen LogP contribution < -0.4 is 5.56 Å². The van der Waals surface area contributed by atoms with E-state index in [1.807, 2.05) is 57.2 Å². The van der Waals surface area contributed by atoms with Crippen molar-refractivity contribution in [1.29, 1.82) is 0 Å². The molecule has 0 aliphatic carbocycles. The van der Waals surface area contributed by atoms with Crippen molar-refractivity contribution >= 4 is 16.9 Å². The predicted octanol–water partition coefficient (Wildman–Crippen LogP) is 4.08. The maximum Gasteiger partial charge on any atom is 0.320 e. The second-order valence-corrected chi connectivity index (χ2v) is 8.29. The lowest BCUT2D eigenvalue weighted by Gasteiger charge is -2.32. The van der Waals surface area contributed by atoms with Gasteiger partial charge in [0.1, 0.15) is 5.82 Å². The number of ether oxygens (including phenoxy) is 1. The number of para-hydroxylation sites is 1. The van der Waals surface area contributed by atoms with Crippen molar-refractivity contribution in [3.8, 4) is 5.69 Å². The topological polar surface area (TPSA) is 67.7 Å². The molecule has 0 fully saturated rings. The fourth-order valence-corrected chi connectivity index (χ4v) is 3.77. The van der Waals surface area contributed by atoms with Crippen LogP contribution in [0.25, 0.3) is 16.6 Å². The molecule has 2 amide bonds. The first kappa shape index (κ1) is 23.5. The van der Waals surface area contributed by atoms with Crippen LogP contribution in [0.3, 0.4) is 0 Å². The first-order valence-corrected chi connectivity index (χ1v) is 10.8. The lowest BCUT2D eigenvalue weighted by Crippen LogP contribution is -2.43. The number of amides is 2. The van der Waals surface area contributed by atoms with Gasteiger partial charge in [-0.25, -0.2) is 9.78 Å². The number of aryl methyl sites for hydroxylation is 2. The minimum absolute atomic E-state index is 0.136. The highest BCUT2D eigenvalue weighted by Gasteiger charge is 2.27. The molecular weight excluding hydrogens is 404 g/mol. The Kier molecular flexibility index (Phi) is 7.30. The first-order chi connectivity index (χ1) is 15.3. The van der Waals surface area contributed by atoms with Gasteiger partial charge in [0.15, 0.2) is 0 Å². The molecule has 7 nitrogen and oxygen atoms in total. The van der Waals surface area contributed by atoms with Crippen molar-refractivity contribution in [2.45, 2.75) is 33.2 Å². The lowest BCUT2D eigenvalue weighted by atomic mass is 10.1. The Labute approximate surface area is 189 Å². The summed E-state index contributed by atoms with van der Waals surface area (Å²) in [6, 6.07) is 12.7. The van der Waals surface area contributed by atoms with E-state index in [2.05, 4.69) is 0 Å². The highest BCUT2D eigenvalue weighted by Crippen LogP contribution is 2.24. The largest absolute Gasteiger partial charge is 0.385 e. The van der Waals surface area contributed by atoms with Crippen LogP contribution in [0, 0.1) is 13.8 Å². The van der Waals surface area contributed by atoms with E-state index in [1.165, 1.54) is 0 Å². The van der Waals surface area contributed by atoms with Gasteiger partial charge in [-0.15, -0.1) is 0 Å². The normalized spacial score (nSPS) is 12.1. The van der Waals surface area contributed by atoms with E-state index >= 15 is 0 Å². The molecule has 170 valence electrons. The van der Waals surface area contributed by atoms with E-state index in [-0.39, 0.29) is 11.6 Å². The number of urea groups is 1. The third-order valence-electron chi connectivity index (χ3n) is 5.77. The summed E-state index contributed by atoms with van der Waals surface area (Å²) >= 11 is 0. The molecular formula is C25H32N4O3. The Morgan fingerprint density at radius 2 is 1.84 bits per heavy atom. The Hall–Kier alpha value is -3.19. The summed E-state index contributed by atoms with van der Waals surface area (Å²) in [7, 11) is 5.09. The SMILES string of the molecule is COCCCN(C(=O)N(C)C)C(C)c1nc2ccccc2c(=O)n1-c1ccc(C)c(C)c1. The third-order valence-corrected chi connectivity index (χ3v) is 5.77. The van der Waals surface area contributed by atoms with Crippen LogP contribution in [-0.4, -0.2) is 59.7 Å². The highest BCUT2D eigenvalue weighted by atomic mass is 16.5. The molecule has 2 aromatic carbocycles. The van der Waals surface area contributed by atoms with Crippen molar-refractivity contribution in [2.24, 2.45) is 0 Å². The molecule has 3 aromatic rings. The molecule has 0 N–H and O–H groups in total. The minimum atomic E-state index is -0.430. The van der Waals surface area contributed by atoms with Crippen LogP contribution in [0.2, 0.25) is 0 Å². The average molecular weight is 437 g/mol. The van der Waals surface area contributed by atoms with Crippen LogP contribution >= 0.6 is 0 Å². The molecule has 32 heavy (non-hydrogen) atoms. The number of hydrogen-bond acceptors (Lipinski definition) is 4. The van der Waals surface area contributed by atoms with Gasteiger partial charge in [-0.2, -0.15) is 0 Å². The quantitative estimate of drug-likeness (QED) is 0.524. The average Bonchev–Trinajstić information content (AvgIpc) is 2.78. The van der Waals surface area contributed by atoms with Gasteiger partial charge in [0.05, 0.1) is 22.6 Å². The molecule has 0 saturated carbocycles. The Morgan fingerprint density at radius 3 is 2.50 bits per heavy atom. The molecule has 0 radical (unpaired) electrons. The first-order valence-electron chi connectivity index (χ1n) is 10.8. The number of carbonyl (C=O) groups is 1. The zero-order valence-electron chi connectivity index (χ0n) is 19.8. The van der Waals surface area contributed by atoms with E-state index in [0.29, 0.717) is 36.3 Å². The number of carbonyl (C=O) groups excluding carboxylic acids is 1. The predicted molar refractivity (Wildman–Crippen MR) is 128 cm³/mol. The summed E-state index contributed by atoms with van der Waals surface area (Å²) in [6.07, 6.45) is 0.682. The van der Waals surface area contributed by atoms with Crippen LogP contribution in [0.5, 0.6) is 0 Å². The number of fused-ring (bicyclic) bond motifs is 1. The molecule has 1 aromatic heterocycles. The minimum Gasteiger partial charge on any atom is -0.385 e. The summed E-state index contributed by atoms with van der Waals surface area (Å²) in [5, 5.41) is 0.548. The van der Waals surface area contributed by atoms with E-state index in [9.17, 15) is 9.59 Å². The summed E-state index contributed by atoms with van der Waals surface area (Å²) in [5.74, 6) is 0.532. The van der Waals surface area contributed by atoms with Crippen molar-refractivity contribution in [3.05, 3.63) is 69.8 Å². The van der Waals surface area contributed by atoms with Gasteiger partial charge in [-0.1, -0.05) is 18.2 Å². The molecule has 0 spiro atoms. The van der Waals surface area contributed by atoms with E-state index in [4.69, 9.17) is 9.72 Å². The number of nitrogens with zero attached hydrogens (tertiary/aromatic N) is 4. The van der Waals surface area contributed by atoms with Gasteiger partial charge in [0, 0.05) is 34.4 Å². The van der Waals surface area contributed by atoms with Gasteiger partial charge in [-0.3, -0.25) is 9.36 Å². The van der Waals surface area contributed by atoms with Gasteiger partial charge < -0.3 is 14.5 Å². The third kappa shape index (κ3) is 4.67. The molecule has 1 atom stereocenters. The number of aromatic nitrogens is 2. The summed E-state index contributed by atoms with van der Waals surface area (Å²) < 4.78 is 6.83. The van der Waals surface area contributed by atoms with Crippen molar-refractivity contribution in [3.63, 3.8) is 0 Å². The number of methoxy groups -OCH3 is 1. The van der Waals surface area contributed by atoms with E-state index in [0.717, 1.165) is 16.8 Å². The molecule has 0 aliphatic heterocycles. The Balaban J connectivity index is 2.23. The number of rotatable bonds is 7. The molecule has 0 bridgehead atoms. The van der Waals surface area contributed by atoms with Gasteiger partial charge in [0.25, 0.3) is 5.56 Å². The lowest BCUT2D eigenvalue weighted by molar-refractivity contribution is 0.134. The molecule has 7 heteroatoms. The zero-order chi connectivity index (χ0) is 23.4. The van der Waals surface area contributed by atoms with Gasteiger partial charge in [-0.05, 0) is 62.6 Å². The summed E-state index contributed by atoms with van der Waals surface area (Å²) in [5.41, 5.74) is 3.45. The van der Waals surface area contributed by atoms with Gasteiger partial charge in [0.2, 0.25) is 0 Å². The second-order valence-electron chi connectivity index (χ2n) is 8.29. The molecule has 1 unspecified atom stereocenters. The highest BCUT2D eigenvalue weighted by molar-refractivity contribution is 5.78.